The van der Waals surface area contributed by atoms with Crippen molar-refractivity contribution in [2.75, 3.05) is 18.8 Å². The summed E-state index contributed by atoms with van der Waals surface area (Å²) in [4.78, 5) is 13.9. The average Bonchev–Trinajstić information content (AvgIpc) is 2.98. The van der Waals surface area contributed by atoms with E-state index in [-0.39, 0.29) is 36.7 Å². The second-order valence-electron chi connectivity index (χ2n) is 5.90. The highest BCUT2D eigenvalue weighted by Gasteiger charge is 2.34. The third-order valence-corrected chi connectivity index (χ3v) is 6.44. The molecule has 0 saturated carbocycles. The fourth-order valence-corrected chi connectivity index (χ4v) is 4.81. The van der Waals surface area contributed by atoms with Crippen LogP contribution in [0.1, 0.15) is 17.2 Å². The Hall–Kier alpha value is -2.15. The fraction of sp³-hybridized carbons (Fsp3) is 0.353. The van der Waals surface area contributed by atoms with E-state index < -0.39 is 20.9 Å². The molecule has 1 aliphatic heterocycles. The van der Waals surface area contributed by atoms with E-state index in [4.69, 9.17) is 0 Å². The molecule has 7 heteroatoms. The van der Waals surface area contributed by atoms with Gasteiger partial charge in [-0.15, -0.1) is 0 Å². The van der Waals surface area contributed by atoms with Crippen molar-refractivity contribution in [1.29, 1.82) is 0 Å². The van der Waals surface area contributed by atoms with E-state index in [0.29, 0.717) is 6.54 Å². The highest BCUT2D eigenvalue weighted by atomic mass is 32.2. The molecule has 0 bridgehead atoms. The molecule has 1 unspecified atom stereocenters. The maximum absolute atomic E-state index is 14.0. The van der Waals surface area contributed by atoms with Crippen molar-refractivity contribution in [3.8, 4) is 0 Å². The molecule has 2 aromatic rings. The van der Waals surface area contributed by atoms with Crippen molar-refractivity contribution in [2.24, 2.45) is 0 Å². The van der Waals surface area contributed by atoms with Gasteiger partial charge in [0, 0.05) is 31.0 Å². The molecule has 0 radical (unpaired) electrons. The van der Waals surface area contributed by atoms with Crippen LogP contribution in [-0.4, -0.2) is 42.6 Å². The second-order valence-corrected chi connectivity index (χ2v) is 8.20. The van der Waals surface area contributed by atoms with E-state index in [2.05, 4.69) is 0 Å². The van der Waals surface area contributed by atoms with Gasteiger partial charge in [0.05, 0.1) is 11.0 Å². The molecule has 24 heavy (non-hydrogen) atoms. The van der Waals surface area contributed by atoms with E-state index in [1.54, 1.807) is 27.9 Å². The number of amides is 1. The van der Waals surface area contributed by atoms with Gasteiger partial charge in [0.15, 0.2) is 9.84 Å². The zero-order chi connectivity index (χ0) is 17.2. The topological polar surface area (TPSA) is 59.4 Å². The van der Waals surface area contributed by atoms with Crippen LogP contribution in [0.3, 0.4) is 0 Å². The number of rotatable bonds is 3. The fourth-order valence-electron chi connectivity index (χ4n) is 3.01. The van der Waals surface area contributed by atoms with Crippen LogP contribution in [0.2, 0.25) is 0 Å². The summed E-state index contributed by atoms with van der Waals surface area (Å²) in [5.74, 6) is -0.794. The molecule has 0 spiro atoms. The first-order valence-electron chi connectivity index (χ1n) is 7.82. The average molecular weight is 350 g/mol. The van der Waals surface area contributed by atoms with Crippen molar-refractivity contribution >= 4 is 15.7 Å². The zero-order valence-electron chi connectivity index (χ0n) is 13.1. The normalized spacial score (nSPS) is 20.5. The SMILES string of the molecule is O=C(Cn1cccc1)N1CCC(c2ccccc2F)S(=O)(=O)CC1. The Morgan fingerprint density at radius 3 is 2.54 bits per heavy atom. The number of carbonyl (C=O) groups excluding carboxylic acids is 1. The second kappa shape index (κ2) is 6.76. The number of halogens is 1. The van der Waals surface area contributed by atoms with Crippen LogP contribution in [0, 0.1) is 5.82 Å². The van der Waals surface area contributed by atoms with Crippen LogP contribution in [0.15, 0.2) is 48.8 Å². The maximum atomic E-state index is 14.0. The molecule has 1 atom stereocenters. The zero-order valence-corrected chi connectivity index (χ0v) is 14.0. The molecule has 1 aliphatic rings. The Balaban J connectivity index is 1.77. The van der Waals surface area contributed by atoms with Crippen molar-refractivity contribution < 1.29 is 17.6 Å². The van der Waals surface area contributed by atoms with Gasteiger partial charge < -0.3 is 9.47 Å². The number of carbonyl (C=O) groups is 1. The van der Waals surface area contributed by atoms with Crippen LogP contribution in [0.5, 0.6) is 0 Å². The highest BCUT2D eigenvalue weighted by Crippen LogP contribution is 2.31. The number of hydrogen-bond acceptors (Lipinski definition) is 3. The molecule has 1 amide bonds. The van der Waals surface area contributed by atoms with Gasteiger partial charge in [-0.3, -0.25) is 4.79 Å². The van der Waals surface area contributed by atoms with Gasteiger partial charge in [0.1, 0.15) is 12.4 Å². The van der Waals surface area contributed by atoms with Gasteiger partial charge in [-0.05, 0) is 24.6 Å². The molecule has 0 aliphatic carbocycles. The number of sulfone groups is 1. The lowest BCUT2D eigenvalue weighted by molar-refractivity contribution is -0.131. The van der Waals surface area contributed by atoms with Crippen molar-refractivity contribution in [3.63, 3.8) is 0 Å². The van der Waals surface area contributed by atoms with Crippen LogP contribution in [-0.2, 0) is 21.2 Å². The number of nitrogens with zero attached hydrogens (tertiary/aromatic N) is 2. The molecule has 1 aromatic heterocycles. The van der Waals surface area contributed by atoms with Gasteiger partial charge in [0.25, 0.3) is 0 Å². The number of aromatic nitrogens is 1. The first-order valence-corrected chi connectivity index (χ1v) is 9.53. The third kappa shape index (κ3) is 3.51. The Labute approximate surface area is 140 Å². The van der Waals surface area contributed by atoms with Crippen LogP contribution < -0.4 is 0 Å². The quantitative estimate of drug-likeness (QED) is 0.851. The Bertz CT molecular complexity index is 818. The van der Waals surface area contributed by atoms with E-state index in [1.165, 1.54) is 18.2 Å². The Kier molecular flexibility index (Phi) is 4.71. The van der Waals surface area contributed by atoms with E-state index in [9.17, 15) is 17.6 Å². The molecule has 1 aromatic carbocycles. The molecule has 2 heterocycles. The van der Waals surface area contributed by atoms with Gasteiger partial charge in [-0.25, -0.2) is 12.8 Å². The van der Waals surface area contributed by atoms with Crippen LogP contribution in [0.25, 0.3) is 0 Å². The first-order chi connectivity index (χ1) is 11.5. The monoisotopic (exact) mass is 350 g/mol. The van der Waals surface area contributed by atoms with Gasteiger partial charge in [-0.2, -0.15) is 0 Å². The summed E-state index contributed by atoms with van der Waals surface area (Å²) in [5.41, 5.74) is 0.192. The summed E-state index contributed by atoms with van der Waals surface area (Å²) in [5, 5.41) is -0.900. The third-order valence-electron chi connectivity index (χ3n) is 4.33. The molecule has 1 fully saturated rings. The predicted molar refractivity (Wildman–Crippen MR) is 88.6 cm³/mol. The highest BCUT2D eigenvalue weighted by molar-refractivity contribution is 7.91. The number of benzene rings is 1. The Morgan fingerprint density at radius 2 is 1.83 bits per heavy atom. The lowest BCUT2D eigenvalue weighted by atomic mass is 10.1. The van der Waals surface area contributed by atoms with Gasteiger partial charge >= 0.3 is 0 Å². The number of hydrogen-bond donors (Lipinski definition) is 0. The van der Waals surface area contributed by atoms with E-state index in [1.807, 2.05) is 12.1 Å². The summed E-state index contributed by atoms with van der Waals surface area (Å²) in [6.07, 6.45) is 3.78. The first kappa shape index (κ1) is 16.7. The molecule has 3 rings (SSSR count). The predicted octanol–water partition coefficient (Wildman–Crippen LogP) is 2.02. The molecule has 1 saturated heterocycles. The standard InChI is InChI=1S/C17H19FN2O3S/c18-15-6-2-1-5-14(15)16-7-10-20(11-12-24(16,22)23)17(21)13-19-8-3-4-9-19/h1-6,8-9,16H,7,10-13H2. The summed E-state index contributed by atoms with van der Waals surface area (Å²) in [7, 11) is -3.50. The molecular formula is C17H19FN2O3S. The van der Waals surface area contributed by atoms with E-state index >= 15 is 0 Å². The molecule has 0 N–H and O–H groups in total. The minimum absolute atomic E-state index is 0.129. The lowest BCUT2D eigenvalue weighted by Crippen LogP contribution is -2.35. The smallest absolute Gasteiger partial charge is 0.242 e. The van der Waals surface area contributed by atoms with Crippen molar-refractivity contribution in [3.05, 3.63) is 60.2 Å². The van der Waals surface area contributed by atoms with Gasteiger partial charge in [0.2, 0.25) is 5.91 Å². The van der Waals surface area contributed by atoms with Gasteiger partial charge in [-0.1, -0.05) is 18.2 Å². The maximum Gasteiger partial charge on any atom is 0.242 e. The van der Waals surface area contributed by atoms with E-state index in [0.717, 1.165) is 0 Å². The lowest BCUT2D eigenvalue weighted by Gasteiger charge is -2.20. The largest absolute Gasteiger partial charge is 0.345 e. The van der Waals surface area contributed by atoms with Crippen molar-refractivity contribution in [2.45, 2.75) is 18.2 Å². The minimum atomic E-state index is -3.50. The summed E-state index contributed by atoms with van der Waals surface area (Å²) < 4.78 is 40.8. The van der Waals surface area contributed by atoms with Crippen LogP contribution in [0.4, 0.5) is 4.39 Å². The molecule has 128 valence electrons. The summed E-state index contributed by atoms with van der Waals surface area (Å²) in [6, 6.07) is 9.60. The summed E-state index contributed by atoms with van der Waals surface area (Å²) >= 11 is 0. The Morgan fingerprint density at radius 1 is 1.12 bits per heavy atom. The minimum Gasteiger partial charge on any atom is -0.345 e. The van der Waals surface area contributed by atoms with Crippen molar-refractivity contribution in [1.82, 2.24) is 9.47 Å². The summed E-state index contributed by atoms with van der Waals surface area (Å²) in [6.45, 7) is 0.628. The van der Waals surface area contributed by atoms with Crippen LogP contribution >= 0.6 is 0 Å². The molecule has 5 nitrogen and oxygen atoms in total. The molecular weight excluding hydrogens is 331 g/mol.